The molecule has 0 atom stereocenters. The largest absolute Gasteiger partial charge is 0.383 e. The highest BCUT2D eigenvalue weighted by Gasteiger charge is 2.25. The van der Waals surface area contributed by atoms with Crippen LogP contribution in [-0.2, 0) is 6.54 Å². The van der Waals surface area contributed by atoms with Gasteiger partial charge in [-0.2, -0.15) is 0 Å². The normalized spacial score (nSPS) is 17.2. The Morgan fingerprint density at radius 3 is 2.64 bits per heavy atom. The number of aromatic nitrogens is 3. The second-order valence-corrected chi connectivity index (χ2v) is 9.41. The second kappa shape index (κ2) is 8.95. The van der Waals surface area contributed by atoms with E-state index in [2.05, 4.69) is 38.3 Å². The number of hydrogen-bond donors (Lipinski definition) is 1. The molecule has 2 aromatic heterocycles. The van der Waals surface area contributed by atoms with Crippen molar-refractivity contribution in [3.63, 3.8) is 0 Å². The summed E-state index contributed by atoms with van der Waals surface area (Å²) in [6.07, 6.45) is 8.40. The summed E-state index contributed by atoms with van der Waals surface area (Å²) in [5.41, 5.74) is 8.33. The maximum atomic E-state index is 14.5. The third kappa shape index (κ3) is 4.76. The molecule has 0 radical (unpaired) electrons. The third-order valence-corrected chi connectivity index (χ3v) is 6.77. The van der Waals surface area contributed by atoms with E-state index in [-0.39, 0.29) is 11.3 Å². The van der Waals surface area contributed by atoms with Crippen LogP contribution >= 0.6 is 0 Å². The second-order valence-electron chi connectivity index (χ2n) is 9.41. The molecule has 2 fully saturated rings. The van der Waals surface area contributed by atoms with Crippen LogP contribution in [-0.4, -0.2) is 45.4 Å². The van der Waals surface area contributed by atoms with Gasteiger partial charge in [0.1, 0.15) is 23.6 Å². The van der Waals surface area contributed by atoms with E-state index in [1.54, 1.807) is 12.1 Å². The predicted molar refractivity (Wildman–Crippen MR) is 126 cm³/mol. The first kappa shape index (κ1) is 21.6. The van der Waals surface area contributed by atoms with E-state index in [9.17, 15) is 9.18 Å². The van der Waals surface area contributed by atoms with Crippen LogP contribution < -0.4 is 5.73 Å². The number of nitrogens with zero attached hydrogens (tertiary/aromatic N) is 4. The van der Waals surface area contributed by atoms with Gasteiger partial charge in [0.25, 0.3) is 0 Å². The van der Waals surface area contributed by atoms with E-state index in [1.807, 2.05) is 6.20 Å². The van der Waals surface area contributed by atoms with Gasteiger partial charge in [-0.25, -0.2) is 14.4 Å². The molecule has 2 aliphatic rings. The summed E-state index contributed by atoms with van der Waals surface area (Å²) in [4.78, 5) is 23.4. The number of benzene rings is 1. The topological polar surface area (TPSA) is 77.0 Å². The molecule has 2 N–H and O–H groups in total. The summed E-state index contributed by atoms with van der Waals surface area (Å²) in [5.74, 6) is 7.01. The molecule has 3 heterocycles. The predicted octanol–water partition coefficient (Wildman–Crippen LogP) is 3.88. The molecule has 5 rings (SSSR count). The number of fused-ring (bicyclic) bond motifs is 1. The first-order chi connectivity index (χ1) is 16.0. The maximum Gasteiger partial charge on any atom is 0.163 e. The number of nitrogen functional groups attached to an aromatic ring is 1. The van der Waals surface area contributed by atoms with Crippen molar-refractivity contribution >= 4 is 22.6 Å². The van der Waals surface area contributed by atoms with Gasteiger partial charge in [-0.15, -0.1) is 0 Å². The van der Waals surface area contributed by atoms with E-state index in [0.29, 0.717) is 40.6 Å². The summed E-state index contributed by atoms with van der Waals surface area (Å²) < 4.78 is 16.6. The van der Waals surface area contributed by atoms with Crippen LogP contribution in [0.5, 0.6) is 0 Å². The molecule has 6 nitrogen and oxygen atoms in total. The molecule has 1 aromatic carbocycles. The molecule has 1 aliphatic heterocycles. The fourth-order valence-corrected chi connectivity index (χ4v) is 4.54. The van der Waals surface area contributed by atoms with Gasteiger partial charge in [0.05, 0.1) is 16.5 Å². The molecule has 0 amide bonds. The molecule has 0 spiro atoms. The van der Waals surface area contributed by atoms with Crippen LogP contribution in [0, 0.1) is 29.5 Å². The number of Topliss-reactive ketones (excluding diaryl/α,β-unsaturated/α-hetero) is 1. The lowest BCUT2D eigenvalue weighted by Gasteiger charge is -2.29. The zero-order chi connectivity index (χ0) is 22.9. The minimum Gasteiger partial charge on any atom is -0.383 e. The zero-order valence-corrected chi connectivity index (χ0v) is 18.9. The number of rotatable bonds is 5. The maximum absolute atomic E-state index is 14.5. The van der Waals surface area contributed by atoms with Crippen LogP contribution in [0.2, 0.25) is 0 Å². The number of piperidine rings is 1. The van der Waals surface area contributed by atoms with Crippen LogP contribution in [0.3, 0.4) is 0 Å². The molecule has 7 heteroatoms. The summed E-state index contributed by atoms with van der Waals surface area (Å²) >= 11 is 0. The summed E-state index contributed by atoms with van der Waals surface area (Å²) in [5, 5.41) is 0.694. The van der Waals surface area contributed by atoms with E-state index >= 15 is 0 Å². The molecule has 170 valence electrons. The smallest absolute Gasteiger partial charge is 0.163 e. The highest BCUT2D eigenvalue weighted by molar-refractivity contribution is 5.97. The molecule has 3 aromatic rings. The highest BCUT2D eigenvalue weighted by Crippen LogP contribution is 2.33. The number of ketones is 1. The number of likely N-dealkylation sites (tertiary alicyclic amines) is 1. The van der Waals surface area contributed by atoms with Gasteiger partial charge in [-0.1, -0.05) is 11.8 Å². The van der Waals surface area contributed by atoms with Crippen molar-refractivity contribution in [1.82, 2.24) is 19.4 Å². The number of anilines is 1. The van der Waals surface area contributed by atoms with E-state index in [1.165, 1.54) is 12.4 Å². The van der Waals surface area contributed by atoms with Gasteiger partial charge >= 0.3 is 0 Å². The number of nitrogens with two attached hydrogens (primary N) is 1. The van der Waals surface area contributed by atoms with Crippen molar-refractivity contribution in [1.29, 1.82) is 0 Å². The van der Waals surface area contributed by atoms with E-state index < -0.39 is 5.82 Å². The standard InChI is InChI=1S/C26H28FN5O/c1-31-10-8-18(9-11-31)14-32-15-21(24-25(28)29-16-30-26(24)32)5-4-19-13-20(6-7-22(19)27)23(33)12-17-2-3-17/h6-7,13,15-18H,2-3,8-12,14H2,1H3,(H2,28,29,30). The lowest BCUT2D eigenvalue weighted by molar-refractivity contribution is 0.0976. The molecule has 0 bridgehead atoms. The van der Waals surface area contributed by atoms with Crippen molar-refractivity contribution in [3.8, 4) is 11.8 Å². The first-order valence-electron chi connectivity index (χ1n) is 11.6. The Morgan fingerprint density at radius 2 is 1.88 bits per heavy atom. The molecule has 1 saturated heterocycles. The van der Waals surface area contributed by atoms with Crippen LogP contribution in [0.25, 0.3) is 11.0 Å². The van der Waals surface area contributed by atoms with E-state index in [4.69, 9.17) is 5.73 Å². The Balaban J connectivity index is 1.46. The quantitative estimate of drug-likeness (QED) is 0.476. The number of hydrogen-bond acceptors (Lipinski definition) is 5. The van der Waals surface area contributed by atoms with Gasteiger partial charge in [0.2, 0.25) is 0 Å². The van der Waals surface area contributed by atoms with Crippen LogP contribution in [0.15, 0.2) is 30.7 Å². The summed E-state index contributed by atoms with van der Waals surface area (Å²) in [7, 11) is 2.15. The third-order valence-electron chi connectivity index (χ3n) is 6.77. The van der Waals surface area contributed by atoms with E-state index in [0.717, 1.165) is 51.0 Å². The number of halogens is 1. The van der Waals surface area contributed by atoms with Gasteiger partial charge in [-0.05, 0) is 75.9 Å². The summed E-state index contributed by atoms with van der Waals surface area (Å²) in [6, 6.07) is 4.43. The SMILES string of the molecule is CN1CCC(Cn2cc(C#Cc3cc(C(=O)CC4CC4)ccc3F)c3c(N)ncnc32)CC1. The molecule has 1 saturated carbocycles. The summed E-state index contributed by atoms with van der Waals surface area (Å²) in [6.45, 7) is 3.01. The van der Waals surface area contributed by atoms with Gasteiger partial charge in [0.15, 0.2) is 5.78 Å². The average Bonchev–Trinajstić information content (AvgIpc) is 3.55. The van der Waals surface area contributed by atoms with Gasteiger partial charge in [0, 0.05) is 24.7 Å². The molecular formula is C26H28FN5O. The minimum atomic E-state index is -0.440. The Kier molecular flexibility index (Phi) is 5.86. The Labute approximate surface area is 193 Å². The molecule has 1 aliphatic carbocycles. The molecular weight excluding hydrogens is 417 g/mol. The zero-order valence-electron chi connectivity index (χ0n) is 18.9. The lowest BCUT2D eigenvalue weighted by Crippen LogP contribution is -2.31. The Hall–Kier alpha value is -3.24. The van der Waals surface area contributed by atoms with Crippen molar-refractivity contribution in [2.45, 2.75) is 38.6 Å². The van der Waals surface area contributed by atoms with Crippen molar-refractivity contribution in [2.75, 3.05) is 25.9 Å². The fourth-order valence-electron chi connectivity index (χ4n) is 4.54. The first-order valence-corrected chi connectivity index (χ1v) is 11.6. The monoisotopic (exact) mass is 445 g/mol. The Morgan fingerprint density at radius 1 is 1.12 bits per heavy atom. The van der Waals surface area contributed by atoms with Gasteiger partial charge < -0.3 is 15.2 Å². The van der Waals surface area contributed by atoms with Crippen LogP contribution in [0.1, 0.15) is 53.6 Å². The molecule has 0 unspecified atom stereocenters. The highest BCUT2D eigenvalue weighted by atomic mass is 19.1. The molecule has 33 heavy (non-hydrogen) atoms. The number of carbonyl (C=O) groups is 1. The van der Waals surface area contributed by atoms with Crippen molar-refractivity contribution in [3.05, 3.63) is 53.2 Å². The minimum absolute atomic E-state index is 0.0490. The number of carbonyl (C=O) groups excluding carboxylic acids is 1. The van der Waals surface area contributed by atoms with Crippen molar-refractivity contribution < 1.29 is 9.18 Å². The van der Waals surface area contributed by atoms with Crippen molar-refractivity contribution in [2.24, 2.45) is 11.8 Å². The lowest BCUT2D eigenvalue weighted by atomic mass is 9.97. The fraction of sp³-hybridized carbons (Fsp3) is 0.423. The van der Waals surface area contributed by atoms with Gasteiger partial charge in [-0.3, -0.25) is 4.79 Å². The average molecular weight is 446 g/mol. The van der Waals surface area contributed by atoms with Crippen LogP contribution in [0.4, 0.5) is 10.2 Å². The Bertz CT molecular complexity index is 1260.